The van der Waals surface area contributed by atoms with Crippen LogP contribution in [0, 0.1) is 6.92 Å². The summed E-state index contributed by atoms with van der Waals surface area (Å²) in [6.07, 6.45) is -0.279. The van der Waals surface area contributed by atoms with Gasteiger partial charge in [-0.2, -0.15) is 13.2 Å². The molecule has 0 atom stereocenters. The monoisotopic (exact) mass is 410 g/mol. The van der Waals surface area contributed by atoms with Crippen LogP contribution in [0.25, 0.3) is 11.3 Å². The van der Waals surface area contributed by atoms with Gasteiger partial charge in [0.25, 0.3) is 0 Å². The highest BCUT2D eigenvalue weighted by Gasteiger charge is 2.34. The lowest BCUT2D eigenvalue weighted by Gasteiger charge is -2.29. The summed E-state index contributed by atoms with van der Waals surface area (Å²) < 4.78 is 38.1. The van der Waals surface area contributed by atoms with E-state index in [-0.39, 0.29) is 17.1 Å². The van der Waals surface area contributed by atoms with E-state index in [0.29, 0.717) is 11.3 Å². The fraction of sp³-hybridized carbons (Fsp3) is 0.500. The molecule has 1 aliphatic heterocycles. The molecule has 0 unspecified atom stereocenters. The maximum atomic E-state index is 12.7. The first-order valence-corrected chi connectivity index (χ1v) is 9.61. The van der Waals surface area contributed by atoms with Gasteiger partial charge in [-0.25, -0.2) is 0 Å². The van der Waals surface area contributed by atoms with Gasteiger partial charge in [0.05, 0.1) is 22.6 Å². The van der Waals surface area contributed by atoms with Crippen molar-refractivity contribution in [1.82, 2.24) is 15.1 Å². The third-order valence-corrected chi connectivity index (χ3v) is 5.01. The summed E-state index contributed by atoms with van der Waals surface area (Å²) in [5.74, 6) is 0.243. The summed E-state index contributed by atoms with van der Waals surface area (Å²) in [4.78, 5) is 2.56. The molecule has 29 heavy (non-hydrogen) atoms. The normalized spacial score (nSPS) is 15.1. The quantitative estimate of drug-likeness (QED) is 0.644. The van der Waals surface area contributed by atoms with Gasteiger partial charge in [-0.3, -0.25) is 0 Å². The molecular weight excluding hydrogens is 381 g/mol. The van der Waals surface area contributed by atoms with E-state index in [4.69, 9.17) is 17.2 Å². The van der Waals surface area contributed by atoms with E-state index in [2.05, 4.69) is 28.9 Å². The van der Waals surface area contributed by atoms with Crippen molar-refractivity contribution in [3.8, 4) is 11.3 Å². The number of piperidine rings is 1. The molecule has 1 saturated heterocycles. The molecule has 1 fully saturated rings. The fourth-order valence-corrected chi connectivity index (χ4v) is 3.17. The van der Waals surface area contributed by atoms with Crippen molar-refractivity contribution in [2.45, 2.75) is 52.3 Å². The van der Waals surface area contributed by atoms with Gasteiger partial charge in [-0.15, -0.1) is 10.2 Å². The van der Waals surface area contributed by atoms with Crippen LogP contribution in [0.3, 0.4) is 0 Å². The van der Waals surface area contributed by atoms with Crippen LogP contribution < -0.4 is 17.2 Å². The van der Waals surface area contributed by atoms with E-state index >= 15 is 0 Å². The Balaban J connectivity index is 0.000000278. The second-order valence-electron chi connectivity index (χ2n) is 7.47. The van der Waals surface area contributed by atoms with Gasteiger partial charge < -0.3 is 22.1 Å². The highest BCUT2D eigenvalue weighted by atomic mass is 19.4. The number of rotatable bonds is 2. The molecule has 0 aliphatic carbocycles. The smallest absolute Gasteiger partial charge is 0.397 e. The number of benzene rings is 1. The molecule has 1 aromatic heterocycles. The van der Waals surface area contributed by atoms with Crippen LogP contribution in [-0.2, 0) is 6.18 Å². The van der Waals surface area contributed by atoms with Crippen LogP contribution in [0.1, 0.15) is 44.2 Å². The molecule has 0 radical (unpaired) electrons. The van der Waals surface area contributed by atoms with Crippen molar-refractivity contribution in [2.75, 3.05) is 30.3 Å². The highest BCUT2D eigenvalue weighted by Crippen LogP contribution is 2.40. The largest absolute Gasteiger partial charge is 0.418 e. The second kappa shape index (κ2) is 9.30. The number of alkyl halides is 3. The lowest BCUT2D eigenvalue weighted by molar-refractivity contribution is -0.136. The summed E-state index contributed by atoms with van der Waals surface area (Å²) in [7, 11) is 0. The standard InChI is InChI=1S/C12H12F3N5.C8H17N/c1-5-4-8(19-20-11(5)18)6-2-3-7(12(13,14)15)10(17)9(6)16;1-8(2)9-6-4-3-5-7-9/h2-4H,16-17H2,1H3,(H2,18,20);8H,3-7H2,1-2H3. The number of nitrogen functional groups attached to an aromatic ring is 3. The molecule has 0 bridgehead atoms. The molecule has 0 amide bonds. The topological polar surface area (TPSA) is 107 Å². The molecule has 3 rings (SSSR count). The van der Waals surface area contributed by atoms with Gasteiger partial charge in [-0.05, 0) is 70.5 Å². The van der Waals surface area contributed by atoms with Gasteiger partial charge in [0.1, 0.15) is 5.82 Å². The third kappa shape index (κ3) is 5.72. The molecule has 6 nitrogen and oxygen atoms in total. The van der Waals surface area contributed by atoms with Crippen molar-refractivity contribution in [3.63, 3.8) is 0 Å². The first-order chi connectivity index (χ1) is 13.5. The number of hydrogen-bond donors (Lipinski definition) is 3. The average molecular weight is 410 g/mol. The SMILES string of the molecule is CC(C)N1CCCCC1.Cc1cc(-c2ccc(C(F)(F)F)c(N)c2N)nnc1N. The maximum absolute atomic E-state index is 12.7. The number of aromatic nitrogens is 2. The Bertz CT molecular complexity index is 830. The van der Waals surface area contributed by atoms with Crippen molar-refractivity contribution in [3.05, 3.63) is 29.3 Å². The Morgan fingerprint density at radius 2 is 1.59 bits per heavy atom. The first-order valence-electron chi connectivity index (χ1n) is 9.61. The zero-order chi connectivity index (χ0) is 21.8. The number of nitrogens with zero attached hydrogens (tertiary/aromatic N) is 3. The molecule has 1 aromatic carbocycles. The average Bonchev–Trinajstić information content (AvgIpc) is 2.66. The predicted molar refractivity (Wildman–Crippen MR) is 111 cm³/mol. The first kappa shape index (κ1) is 22.7. The van der Waals surface area contributed by atoms with Gasteiger partial charge in [0.15, 0.2) is 0 Å². The lowest BCUT2D eigenvalue weighted by Crippen LogP contribution is -2.35. The maximum Gasteiger partial charge on any atom is 0.418 e. The zero-order valence-corrected chi connectivity index (χ0v) is 17.1. The molecular formula is C20H29F3N6. The van der Waals surface area contributed by atoms with Crippen LogP contribution in [0.2, 0.25) is 0 Å². The van der Waals surface area contributed by atoms with Crippen LogP contribution in [-0.4, -0.2) is 34.2 Å². The number of likely N-dealkylation sites (tertiary alicyclic amines) is 1. The van der Waals surface area contributed by atoms with Crippen molar-refractivity contribution in [1.29, 1.82) is 0 Å². The molecule has 160 valence electrons. The van der Waals surface area contributed by atoms with E-state index in [1.54, 1.807) is 13.0 Å². The molecule has 2 aromatic rings. The Hall–Kier alpha value is -2.55. The number of anilines is 3. The van der Waals surface area contributed by atoms with E-state index in [1.165, 1.54) is 38.4 Å². The van der Waals surface area contributed by atoms with E-state index in [0.717, 1.165) is 12.1 Å². The molecule has 1 aliphatic rings. The van der Waals surface area contributed by atoms with Crippen molar-refractivity contribution in [2.24, 2.45) is 0 Å². The Labute approximate surface area is 169 Å². The number of nitrogens with two attached hydrogens (primary N) is 3. The Kier molecular flexibility index (Phi) is 7.29. The van der Waals surface area contributed by atoms with Gasteiger partial charge in [-0.1, -0.05) is 6.42 Å². The number of aryl methyl sites for hydroxylation is 1. The highest BCUT2D eigenvalue weighted by molar-refractivity contribution is 5.85. The lowest BCUT2D eigenvalue weighted by atomic mass is 10.0. The molecule has 2 heterocycles. The summed E-state index contributed by atoms with van der Waals surface area (Å²) in [5, 5.41) is 7.52. The third-order valence-electron chi connectivity index (χ3n) is 5.01. The van der Waals surface area contributed by atoms with Crippen molar-refractivity contribution < 1.29 is 13.2 Å². The predicted octanol–water partition coefficient (Wildman–Crippen LogP) is 4.10. The number of halogens is 3. The van der Waals surface area contributed by atoms with E-state index in [9.17, 15) is 13.2 Å². The minimum atomic E-state index is -4.56. The Morgan fingerprint density at radius 1 is 0.966 bits per heavy atom. The van der Waals surface area contributed by atoms with Crippen molar-refractivity contribution >= 4 is 17.2 Å². The van der Waals surface area contributed by atoms with Crippen LogP contribution in [0.15, 0.2) is 18.2 Å². The summed E-state index contributed by atoms with van der Waals surface area (Å²) in [6, 6.07) is 4.44. The Morgan fingerprint density at radius 3 is 2.07 bits per heavy atom. The minimum Gasteiger partial charge on any atom is -0.397 e. The molecule has 0 saturated carbocycles. The molecule has 6 N–H and O–H groups in total. The van der Waals surface area contributed by atoms with Crippen LogP contribution in [0.4, 0.5) is 30.4 Å². The second-order valence-corrected chi connectivity index (χ2v) is 7.47. The fourth-order valence-electron chi connectivity index (χ4n) is 3.17. The zero-order valence-electron chi connectivity index (χ0n) is 17.1. The summed E-state index contributed by atoms with van der Waals surface area (Å²) in [6.45, 7) is 8.93. The molecule has 0 spiro atoms. The minimum absolute atomic E-state index is 0.182. The number of hydrogen-bond acceptors (Lipinski definition) is 6. The van der Waals surface area contributed by atoms with E-state index < -0.39 is 17.4 Å². The van der Waals surface area contributed by atoms with Gasteiger partial charge in [0.2, 0.25) is 0 Å². The van der Waals surface area contributed by atoms with Gasteiger partial charge >= 0.3 is 6.18 Å². The van der Waals surface area contributed by atoms with Gasteiger partial charge in [0, 0.05) is 11.6 Å². The van der Waals surface area contributed by atoms with Crippen LogP contribution in [0.5, 0.6) is 0 Å². The van der Waals surface area contributed by atoms with Crippen LogP contribution >= 0.6 is 0 Å². The summed E-state index contributed by atoms with van der Waals surface area (Å²) >= 11 is 0. The molecule has 9 heteroatoms. The van der Waals surface area contributed by atoms with E-state index in [1.807, 2.05) is 0 Å². The summed E-state index contributed by atoms with van der Waals surface area (Å²) in [5.41, 5.74) is 16.2.